The zero-order valence-corrected chi connectivity index (χ0v) is 11.6. The summed E-state index contributed by atoms with van der Waals surface area (Å²) in [7, 11) is -3.42. The van der Waals surface area contributed by atoms with Crippen LogP contribution in [0.3, 0.4) is 0 Å². The van der Waals surface area contributed by atoms with Crippen molar-refractivity contribution in [1.29, 1.82) is 0 Å². The minimum atomic E-state index is -3.42. The second kappa shape index (κ2) is 6.60. The molecule has 0 fully saturated rings. The van der Waals surface area contributed by atoms with Gasteiger partial charge in [-0.15, -0.1) is 0 Å². The maximum absolute atomic E-state index is 11.2. The Morgan fingerprint density at radius 2 is 2.16 bits per heavy atom. The monoisotopic (exact) mass is 308 g/mol. The van der Waals surface area contributed by atoms with E-state index in [2.05, 4.69) is 14.8 Å². The minimum Gasteiger partial charge on any atom is -0.447 e. The van der Waals surface area contributed by atoms with Crippen LogP contribution in [-0.4, -0.2) is 39.1 Å². The predicted molar refractivity (Wildman–Crippen MR) is 72.0 cm³/mol. The van der Waals surface area contributed by atoms with Gasteiger partial charge in [0.2, 0.25) is 10.0 Å². The van der Waals surface area contributed by atoms with Gasteiger partial charge in [0.1, 0.15) is 6.61 Å². The number of rotatable bonds is 5. The highest BCUT2D eigenvalue weighted by molar-refractivity contribution is 7.92. The first kappa shape index (κ1) is 15.5. The Morgan fingerprint density at radius 1 is 1.47 bits per heavy atom. The van der Waals surface area contributed by atoms with Crippen molar-refractivity contribution in [2.75, 3.05) is 29.5 Å². The number of halogens is 1. The van der Waals surface area contributed by atoms with E-state index < -0.39 is 16.1 Å². The quantitative estimate of drug-likeness (QED) is 0.759. The van der Waals surface area contributed by atoms with Gasteiger partial charge >= 0.3 is 6.09 Å². The van der Waals surface area contributed by atoms with Gasteiger partial charge in [-0.25, -0.2) is 13.2 Å². The number of carbonyl (C=O) groups excluding carboxylic acids is 1. The van der Waals surface area contributed by atoms with E-state index in [1.165, 1.54) is 18.2 Å². The molecule has 0 saturated heterocycles. The molecule has 0 aliphatic rings. The van der Waals surface area contributed by atoms with Crippen LogP contribution < -0.4 is 10.0 Å². The van der Waals surface area contributed by atoms with Crippen LogP contribution in [0.5, 0.6) is 0 Å². The van der Waals surface area contributed by atoms with Crippen molar-refractivity contribution in [2.24, 2.45) is 0 Å². The summed E-state index contributed by atoms with van der Waals surface area (Å²) in [6, 6.07) is 4.24. The van der Waals surface area contributed by atoms with Crippen molar-refractivity contribution < 1.29 is 23.1 Å². The number of anilines is 2. The van der Waals surface area contributed by atoms with Crippen LogP contribution in [0.2, 0.25) is 5.02 Å². The van der Waals surface area contributed by atoms with Crippen molar-refractivity contribution in [2.45, 2.75) is 0 Å². The van der Waals surface area contributed by atoms with E-state index in [1.54, 1.807) is 0 Å². The molecule has 106 valence electrons. The molecule has 0 aromatic heterocycles. The first-order valence-electron chi connectivity index (χ1n) is 5.14. The summed E-state index contributed by atoms with van der Waals surface area (Å²) in [5.41, 5.74) is 0.547. The first-order chi connectivity index (χ1) is 8.81. The molecule has 0 aliphatic heterocycles. The maximum atomic E-state index is 11.2. The van der Waals surface area contributed by atoms with Crippen LogP contribution in [0.25, 0.3) is 0 Å². The molecule has 0 bridgehead atoms. The number of hydrogen-bond donors (Lipinski definition) is 3. The Bertz CT molecular complexity index is 561. The molecule has 0 spiro atoms. The highest BCUT2D eigenvalue weighted by Gasteiger charge is 2.09. The Labute approximate surface area is 115 Å². The molecular formula is C10H13ClN2O5S. The van der Waals surface area contributed by atoms with Crippen LogP contribution in [0.1, 0.15) is 0 Å². The lowest BCUT2D eigenvalue weighted by Crippen LogP contribution is -2.16. The SMILES string of the molecule is CS(=O)(=O)Nc1ccc(NC(=O)OCCO)cc1Cl. The van der Waals surface area contributed by atoms with Crippen molar-refractivity contribution in [1.82, 2.24) is 0 Å². The summed E-state index contributed by atoms with van der Waals surface area (Å²) in [5.74, 6) is 0. The highest BCUT2D eigenvalue weighted by atomic mass is 35.5. The standard InChI is InChI=1S/C10H13ClN2O5S/c1-19(16,17)13-9-3-2-7(6-8(9)11)12-10(15)18-5-4-14/h2-3,6,13-14H,4-5H2,1H3,(H,12,15). The van der Waals surface area contributed by atoms with Crippen LogP contribution >= 0.6 is 11.6 Å². The van der Waals surface area contributed by atoms with Gasteiger partial charge in [-0.2, -0.15) is 0 Å². The van der Waals surface area contributed by atoms with Crippen LogP contribution in [0, 0.1) is 0 Å². The van der Waals surface area contributed by atoms with Gasteiger partial charge in [0.05, 0.1) is 23.6 Å². The van der Waals surface area contributed by atoms with Crippen LogP contribution in [0.4, 0.5) is 16.2 Å². The molecule has 7 nitrogen and oxygen atoms in total. The lowest BCUT2D eigenvalue weighted by molar-refractivity contribution is 0.131. The Hall–Kier alpha value is -1.51. The maximum Gasteiger partial charge on any atom is 0.411 e. The van der Waals surface area contributed by atoms with Crippen molar-refractivity contribution >= 4 is 39.1 Å². The average Bonchev–Trinajstić information content (AvgIpc) is 2.28. The summed E-state index contributed by atoms with van der Waals surface area (Å²) >= 11 is 5.86. The number of benzene rings is 1. The number of amides is 1. The molecule has 0 saturated carbocycles. The Morgan fingerprint density at radius 3 is 2.68 bits per heavy atom. The molecule has 1 aromatic rings. The van der Waals surface area contributed by atoms with E-state index in [0.29, 0.717) is 5.69 Å². The highest BCUT2D eigenvalue weighted by Crippen LogP contribution is 2.26. The van der Waals surface area contributed by atoms with Crippen molar-refractivity contribution in [3.63, 3.8) is 0 Å². The fourth-order valence-electron chi connectivity index (χ4n) is 1.17. The summed E-state index contributed by atoms with van der Waals surface area (Å²) in [5, 5.41) is 11.0. The van der Waals surface area contributed by atoms with Gasteiger partial charge in [0, 0.05) is 5.69 Å². The zero-order chi connectivity index (χ0) is 14.5. The van der Waals surface area contributed by atoms with Gasteiger partial charge in [0.25, 0.3) is 0 Å². The largest absolute Gasteiger partial charge is 0.447 e. The lowest BCUT2D eigenvalue weighted by Gasteiger charge is -2.09. The summed E-state index contributed by atoms with van der Waals surface area (Å²) in [6.45, 7) is -0.390. The molecule has 1 rings (SSSR count). The molecule has 0 heterocycles. The van der Waals surface area contributed by atoms with Crippen LogP contribution in [0.15, 0.2) is 18.2 Å². The molecule has 1 amide bonds. The number of aliphatic hydroxyl groups is 1. The Kier molecular flexibility index (Phi) is 5.40. The predicted octanol–water partition coefficient (Wildman–Crippen LogP) is 1.25. The van der Waals surface area contributed by atoms with E-state index in [1.807, 2.05) is 0 Å². The summed E-state index contributed by atoms with van der Waals surface area (Å²) in [6.07, 6.45) is 0.260. The van der Waals surface area contributed by atoms with Crippen molar-refractivity contribution in [3.8, 4) is 0 Å². The zero-order valence-electron chi connectivity index (χ0n) is 10.0. The van der Waals surface area contributed by atoms with E-state index in [9.17, 15) is 13.2 Å². The second-order valence-electron chi connectivity index (χ2n) is 3.55. The summed E-state index contributed by atoms with van der Waals surface area (Å²) in [4.78, 5) is 11.2. The van der Waals surface area contributed by atoms with E-state index >= 15 is 0 Å². The number of hydrogen-bond acceptors (Lipinski definition) is 5. The smallest absolute Gasteiger partial charge is 0.411 e. The van der Waals surface area contributed by atoms with Gasteiger partial charge in [-0.05, 0) is 18.2 Å². The second-order valence-corrected chi connectivity index (χ2v) is 5.71. The molecule has 3 N–H and O–H groups in total. The van der Waals surface area contributed by atoms with Crippen molar-refractivity contribution in [3.05, 3.63) is 23.2 Å². The van der Waals surface area contributed by atoms with E-state index in [4.69, 9.17) is 16.7 Å². The number of aliphatic hydroxyl groups excluding tert-OH is 1. The third-order valence-corrected chi connectivity index (χ3v) is 2.74. The Balaban J connectivity index is 2.74. The molecule has 9 heteroatoms. The number of nitrogens with one attached hydrogen (secondary N) is 2. The van der Waals surface area contributed by atoms with E-state index in [-0.39, 0.29) is 23.9 Å². The fourth-order valence-corrected chi connectivity index (χ4v) is 2.03. The van der Waals surface area contributed by atoms with Crippen LogP contribution in [-0.2, 0) is 14.8 Å². The fraction of sp³-hybridized carbons (Fsp3) is 0.300. The first-order valence-corrected chi connectivity index (χ1v) is 7.41. The average molecular weight is 309 g/mol. The number of ether oxygens (including phenoxy) is 1. The normalized spacial score (nSPS) is 10.9. The molecule has 19 heavy (non-hydrogen) atoms. The number of carbonyl (C=O) groups is 1. The molecule has 1 aromatic carbocycles. The summed E-state index contributed by atoms with van der Waals surface area (Å²) < 4.78 is 28.9. The molecule has 0 atom stereocenters. The third kappa shape index (κ3) is 5.77. The topological polar surface area (TPSA) is 105 Å². The molecular weight excluding hydrogens is 296 g/mol. The van der Waals surface area contributed by atoms with Gasteiger partial charge in [-0.3, -0.25) is 10.0 Å². The molecule has 0 radical (unpaired) electrons. The van der Waals surface area contributed by atoms with E-state index in [0.717, 1.165) is 6.26 Å². The van der Waals surface area contributed by atoms with Gasteiger partial charge < -0.3 is 9.84 Å². The molecule has 0 aliphatic carbocycles. The lowest BCUT2D eigenvalue weighted by atomic mass is 10.3. The third-order valence-electron chi connectivity index (χ3n) is 1.84. The minimum absolute atomic E-state index is 0.118. The van der Waals surface area contributed by atoms with Gasteiger partial charge in [0.15, 0.2) is 0 Å². The number of sulfonamides is 1. The molecule has 0 unspecified atom stereocenters. The van der Waals surface area contributed by atoms with Gasteiger partial charge in [-0.1, -0.05) is 11.6 Å².